The smallest absolute Gasteiger partial charge is 0.550 e. The van der Waals surface area contributed by atoms with Gasteiger partial charge in [0.05, 0.1) is 5.69 Å². The Morgan fingerprint density at radius 3 is 2.53 bits per heavy atom. The van der Waals surface area contributed by atoms with Gasteiger partial charge in [0.1, 0.15) is 4.90 Å². The van der Waals surface area contributed by atoms with Crippen LogP contribution in [0.25, 0.3) is 0 Å². The first kappa shape index (κ1) is 18.4. The quantitative estimate of drug-likeness (QED) is 0.282. The first-order valence-corrected chi connectivity index (χ1v) is 6.52. The second kappa shape index (κ2) is 7.83. The summed E-state index contributed by atoms with van der Waals surface area (Å²) in [7, 11) is -4.34. The predicted octanol–water partition coefficient (Wildman–Crippen LogP) is -3.62. The number of hydrazine groups is 1. The molecule has 0 fully saturated rings. The van der Waals surface area contributed by atoms with Crippen LogP contribution in [0.2, 0.25) is 0 Å². The van der Waals surface area contributed by atoms with Crippen molar-refractivity contribution in [3.8, 4) is 0 Å². The molecule has 0 aromatic heterocycles. The van der Waals surface area contributed by atoms with Gasteiger partial charge in [-0.3, -0.25) is 4.55 Å². The Morgan fingerprint density at radius 1 is 1.42 bits per heavy atom. The second-order valence-electron chi connectivity index (χ2n) is 3.72. The number of carboxylic acid groups (broad SMARTS) is 1. The molecule has 0 amide bonds. The number of rotatable bonds is 6. The molecular formula is C10H13N2NaO5S. The number of para-hydroxylation sites is 1. The molecule has 1 unspecified atom stereocenters. The minimum absolute atomic E-state index is 0. The molecule has 7 nitrogen and oxygen atoms in total. The van der Waals surface area contributed by atoms with Gasteiger partial charge in [-0.25, -0.2) is 5.43 Å². The predicted molar refractivity (Wildman–Crippen MR) is 62.1 cm³/mol. The van der Waals surface area contributed by atoms with Gasteiger partial charge in [0.15, 0.2) is 0 Å². The van der Waals surface area contributed by atoms with Crippen LogP contribution in [-0.2, 0) is 14.9 Å². The maximum absolute atomic E-state index is 11.1. The van der Waals surface area contributed by atoms with Gasteiger partial charge in [0.25, 0.3) is 10.1 Å². The molecular weight excluding hydrogens is 283 g/mol. The summed E-state index contributed by atoms with van der Waals surface area (Å²) in [5.41, 5.74) is 5.27. The van der Waals surface area contributed by atoms with Crippen molar-refractivity contribution in [3.63, 3.8) is 0 Å². The number of carbonyl (C=O) groups is 1. The summed E-state index contributed by atoms with van der Waals surface area (Å²) in [5.74, 6) is -1.22. The summed E-state index contributed by atoms with van der Waals surface area (Å²) >= 11 is 0. The Labute approximate surface area is 133 Å². The topological polar surface area (TPSA) is 119 Å². The van der Waals surface area contributed by atoms with Crippen LogP contribution in [0.3, 0.4) is 0 Å². The van der Waals surface area contributed by atoms with E-state index in [-0.39, 0.29) is 46.6 Å². The van der Waals surface area contributed by atoms with Gasteiger partial charge in [-0.2, -0.15) is 8.42 Å². The van der Waals surface area contributed by atoms with Crippen LogP contribution in [0, 0.1) is 0 Å². The van der Waals surface area contributed by atoms with Crippen molar-refractivity contribution in [1.29, 1.82) is 0 Å². The number of carbonyl (C=O) groups excluding carboxylic acids is 1. The van der Waals surface area contributed by atoms with Crippen molar-refractivity contribution >= 4 is 21.8 Å². The van der Waals surface area contributed by atoms with Crippen LogP contribution < -0.4 is 45.5 Å². The molecule has 1 rings (SSSR count). The molecule has 0 heterocycles. The SMILES string of the molecule is CC(CC(=O)[O-])NNc1ccccc1S(=O)(=O)O.[Na+]. The summed E-state index contributed by atoms with van der Waals surface area (Å²) in [5, 5.41) is 10.3. The van der Waals surface area contributed by atoms with E-state index in [1.807, 2.05) is 0 Å². The van der Waals surface area contributed by atoms with E-state index in [2.05, 4.69) is 10.9 Å². The Bertz CT molecular complexity index is 534. The van der Waals surface area contributed by atoms with Gasteiger partial charge in [-0.15, -0.1) is 0 Å². The van der Waals surface area contributed by atoms with Gasteiger partial charge >= 0.3 is 29.6 Å². The van der Waals surface area contributed by atoms with E-state index < -0.39 is 22.1 Å². The largest absolute Gasteiger partial charge is 1.00 e. The zero-order valence-electron chi connectivity index (χ0n) is 10.6. The van der Waals surface area contributed by atoms with E-state index in [0.29, 0.717) is 0 Å². The molecule has 0 aliphatic heterocycles. The minimum Gasteiger partial charge on any atom is -0.550 e. The van der Waals surface area contributed by atoms with Crippen LogP contribution in [0.4, 0.5) is 5.69 Å². The van der Waals surface area contributed by atoms with Crippen molar-refractivity contribution in [1.82, 2.24) is 5.43 Å². The van der Waals surface area contributed by atoms with Gasteiger partial charge < -0.3 is 15.3 Å². The third kappa shape index (κ3) is 6.37. The first-order valence-electron chi connectivity index (χ1n) is 5.08. The first-order chi connectivity index (χ1) is 8.30. The van der Waals surface area contributed by atoms with Crippen molar-refractivity contribution in [2.75, 3.05) is 5.43 Å². The maximum Gasteiger partial charge on any atom is 1.00 e. The summed E-state index contributed by atoms with van der Waals surface area (Å²) in [6.07, 6.45) is -0.235. The van der Waals surface area contributed by atoms with Crippen LogP contribution in [0.5, 0.6) is 0 Å². The Balaban J connectivity index is 0.00000324. The van der Waals surface area contributed by atoms with Crippen LogP contribution in [0.15, 0.2) is 29.2 Å². The molecule has 0 bridgehead atoms. The summed E-state index contributed by atoms with van der Waals surface area (Å²) < 4.78 is 31.1. The number of hydrogen-bond donors (Lipinski definition) is 3. The molecule has 0 radical (unpaired) electrons. The van der Waals surface area contributed by atoms with E-state index in [0.717, 1.165) is 0 Å². The van der Waals surface area contributed by atoms with Crippen molar-refractivity contribution in [3.05, 3.63) is 24.3 Å². The number of anilines is 1. The summed E-state index contributed by atoms with van der Waals surface area (Å²) in [4.78, 5) is 10.0. The van der Waals surface area contributed by atoms with Gasteiger partial charge in [0.2, 0.25) is 0 Å². The van der Waals surface area contributed by atoms with Crippen LogP contribution in [0.1, 0.15) is 13.3 Å². The number of aliphatic carboxylic acids is 1. The molecule has 100 valence electrons. The third-order valence-corrected chi connectivity index (χ3v) is 3.00. The molecule has 0 aliphatic carbocycles. The fourth-order valence-corrected chi connectivity index (χ4v) is 1.94. The van der Waals surface area contributed by atoms with Crippen molar-refractivity contribution in [2.24, 2.45) is 0 Å². The molecule has 0 saturated heterocycles. The van der Waals surface area contributed by atoms with E-state index in [1.165, 1.54) is 18.2 Å². The minimum atomic E-state index is -4.34. The van der Waals surface area contributed by atoms with Gasteiger partial charge in [0, 0.05) is 18.4 Å². The second-order valence-corrected chi connectivity index (χ2v) is 5.11. The average Bonchev–Trinajstić information content (AvgIpc) is 2.24. The van der Waals surface area contributed by atoms with Crippen molar-refractivity contribution in [2.45, 2.75) is 24.3 Å². The summed E-state index contributed by atoms with van der Waals surface area (Å²) in [6, 6.07) is 5.22. The van der Waals surface area contributed by atoms with Gasteiger partial charge in [-0.1, -0.05) is 12.1 Å². The zero-order chi connectivity index (χ0) is 13.8. The number of hydrogen-bond acceptors (Lipinski definition) is 6. The van der Waals surface area contributed by atoms with E-state index >= 15 is 0 Å². The van der Waals surface area contributed by atoms with E-state index in [9.17, 15) is 18.3 Å². The summed E-state index contributed by atoms with van der Waals surface area (Å²) in [6.45, 7) is 1.58. The monoisotopic (exact) mass is 296 g/mol. The molecule has 1 aromatic carbocycles. The molecule has 3 N–H and O–H groups in total. The Hall–Kier alpha value is -0.640. The standard InChI is InChI=1S/C10H14N2O5S.Na/c1-7(6-10(13)14)11-12-8-4-2-3-5-9(8)18(15,16)17;/h2-5,7,11-12H,6H2,1H3,(H,13,14)(H,15,16,17);/q;+1/p-1. The normalized spacial score (nSPS) is 12.3. The maximum atomic E-state index is 11.1. The molecule has 1 aromatic rings. The van der Waals surface area contributed by atoms with Gasteiger partial charge in [-0.05, 0) is 19.1 Å². The third-order valence-electron chi connectivity index (χ3n) is 2.09. The fourth-order valence-electron chi connectivity index (χ4n) is 1.30. The molecule has 19 heavy (non-hydrogen) atoms. The van der Waals surface area contributed by atoms with Crippen molar-refractivity contribution < 1.29 is 52.4 Å². The number of benzene rings is 1. The fraction of sp³-hybridized carbons (Fsp3) is 0.300. The Morgan fingerprint density at radius 2 is 2.00 bits per heavy atom. The molecule has 0 spiro atoms. The molecule has 0 saturated carbocycles. The van der Waals surface area contributed by atoms with E-state index in [4.69, 9.17) is 4.55 Å². The molecule has 0 aliphatic rings. The zero-order valence-corrected chi connectivity index (χ0v) is 13.4. The molecule has 1 atom stereocenters. The van der Waals surface area contributed by atoms with Crippen LogP contribution in [-0.4, -0.2) is 25.0 Å². The average molecular weight is 296 g/mol. The molecule has 9 heteroatoms. The Kier molecular flexibility index (Phi) is 7.57. The number of nitrogens with one attached hydrogen (secondary N) is 2. The van der Waals surface area contributed by atoms with Crippen LogP contribution >= 0.6 is 0 Å². The van der Waals surface area contributed by atoms with E-state index in [1.54, 1.807) is 13.0 Å². The number of carboxylic acids is 1.